The van der Waals surface area contributed by atoms with Crippen molar-refractivity contribution in [1.82, 2.24) is 0 Å². The van der Waals surface area contributed by atoms with Crippen molar-refractivity contribution in [3.05, 3.63) is 71.3 Å². The second kappa shape index (κ2) is 5.47. The van der Waals surface area contributed by atoms with E-state index >= 15 is 0 Å². The smallest absolute Gasteiger partial charge is 0.0715 e. The molecule has 0 aromatic heterocycles. The number of rotatable bonds is 4. The summed E-state index contributed by atoms with van der Waals surface area (Å²) in [5, 5.41) is 0. The van der Waals surface area contributed by atoms with Crippen LogP contribution >= 0.6 is 0 Å². The third-order valence-corrected chi connectivity index (χ3v) is 2.66. The Morgan fingerprint density at radius 3 is 2.12 bits per heavy atom. The second-order valence-corrected chi connectivity index (χ2v) is 3.86. The SMILES string of the molecule is COCc1ccccc1Cc1ccccc1. The van der Waals surface area contributed by atoms with Crippen LogP contribution in [0.1, 0.15) is 16.7 Å². The predicted octanol–water partition coefficient (Wildman–Crippen LogP) is 3.42. The van der Waals surface area contributed by atoms with E-state index in [1.165, 1.54) is 16.7 Å². The molecule has 0 saturated heterocycles. The first kappa shape index (κ1) is 10.9. The van der Waals surface area contributed by atoms with Crippen molar-refractivity contribution in [2.24, 2.45) is 0 Å². The predicted molar refractivity (Wildman–Crippen MR) is 66.4 cm³/mol. The van der Waals surface area contributed by atoms with Gasteiger partial charge in [0.15, 0.2) is 0 Å². The highest BCUT2D eigenvalue weighted by Crippen LogP contribution is 2.14. The summed E-state index contributed by atoms with van der Waals surface area (Å²) in [6, 6.07) is 18.9. The summed E-state index contributed by atoms with van der Waals surface area (Å²) >= 11 is 0. The molecular weight excluding hydrogens is 196 g/mol. The van der Waals surface area contributed by atoms with Crippen LogP contribution in [-0.4, -0.2) is 7.11 Å². The lowest BCUT2D eigenvalue weighted by molar-refractivity contribution is 0.184. The summed E-state index contributed by atoms with van der Waals surface area (Å²) < 4.78 is 5.21. The molecule has 2 aromatic rings. The average molecular weight is 212 g/mol. The van der Waals surface area contributed by atoms with E-state index in [4.69, 9.17) is 4.74 Å². The van der Waals surface area contributed by atoms with Crippen molar-refractivity contribution in [1.29, 1.82) is 0 Å². The van der Waals surface area contributed by atoms with Crippen LogP contribution < -0.4 is 0 Å². The summed E-state index contributed by atoms with van der Waals surface area (Å²) in [6.07, 6.45) is 0.973. The van der Waals surface area contributed by atoms with E-state index in [2.05, 4.69) is 48.5 Å². The fraction of sp³-hybridized carbons (Fsp3) is 0.200. The van der Waals surface area contributed by atoms with Gasteiger partial charge in [0, 0.05) is 7.11 Å². The van der Waals surface area contributed by atoms with Crippen LogP contribution in [0.15, 0.2) is 54.6 Å². The molecule has 0 bridgehead atoms. The molecule has 0 spiro atoms. The Balaban J connectivity index is 2.21. The molecule has 82 valence electrons. The highest BCUT2D eigenvalue weighted by molar-refractivity contribution is 5.32. The monoisotopic (exact) mass is 212 g/mol. The quantitative estimate of drug-likeness (QED) is 0.754. The summed E-state index contributed by atoms with van der Waals surface area (Å²) in [5.41, 5.74) is 3.95. The Hall–Kier alpha value is -1.60. The zero-order chi connectivity index (χ0) is 11.2. The Bertz CT molecular complexity index is 434. The molecule has 2 aromatic carbocycles. The first-order valence-corrected chi connectivity index (χ1v) is 5.50. The standard InChI is InChI=1S/C15H16O/c1-16-12-15-10-6-5-9-14(15)11-13-7-3-2-4-8-13/h2-10H,11-12H2,1H3. The molecule has 0 fully saturated rings. The van der Waals surface area contributed by atoms with E-state index in [-0.39, 0.29) is 0 Å². The molecule has 16 heavy (non-hydrogen) atoms. The maximum absolute atomic E-state index is 5.21. The highest BCUT2D eigenvalue weighted by Gasteiger charge is 2.01. The van der Waals surface area contributed by atoms with Crippen LogP contribution in [0.4, 0.5) is 0 Å². The van der Waals surface area contributed by atoms with Crippen LogP contribution in [0.2, 0.25) is 0 Å². The minimum atomic E-state index is 0.684. The van der Waals surface area contributed by atoms with Crippen molar-refractivity contribution in [3.8, 4) is 0 Å². The molecule has 0 heterocycles. The van der Waals surface area contributed by atoms with Gasteiger partial charge >= 0.3 is 0 Å². The van der Waals surface area contributed by atoms with Gasteiger partial charge in [0.2, 0.25) is 0 Å². The van der Waals surface area contributed by atoms with Crippen molar-refractivity contribution in [3.63, 3.8) is 0 Å². The van der Waals surface area contributed by atoms with Crippen molar-refractivity contribution < 1.29 is 4.74 Å². The lowest BCUT2D eigenvalue weighted by atomic mass is 10.0. The van der Waals surface area contributed by atoms with E-state index < -0.39 is 0 Å². The molecule has 0 unspecified atom stereocenters. The molecule has 0 radical (unpaired) electrons. The lowest BCUT2D eigenvalue weighted by Crippen LogP contribution is -1.96. The van der Waals surface area contributed by atoms with Crippen LogP contribution in [0, 0.1) is 0 Å². The Kier molecular flexibility index (Phi) is 3.73. The zero-order valence-electron chi connectivity index (χ0n) is 9.52. The fourth-order valence-corrected chi connectivity index (χ4v) is 1.84. The number of benzene rings is 2. The normalized spacial score (nSPS) is 10.3. The third-order valence-electron chi connectivity index (χ3n) is 2.66. The van der Waals surface area contributed by atoms with Crippen LogP contribution in [0.25, 0.3) is 0 Å². The van der Waals surface area contributed by atoms with Gasteiger partial charge in [-0.3, -0.25) is 0 Å². The van der Waals surface area contributed by atoms with Gasteiger partial charge in [-0.2, -0.15) is 0 Å². The van der Waals surface area contributed by atoms with Crippen LogP contribution in [0.3, 0.4) is 0 Å². The van der Waals surface area contributed by atoms with Crippen molar-refractivity contribution >= 4 is 0 Å². The average Bonchev–Trinajstić information content (AvgIpc) is 2.33. The Morgan fingerprint density at radius 2 is 1.44 bits per heavy atom. The van der Waals surface area contributed by atoms with E-state index in [0.29, 0.717) is 6.61 Å². The molecule has 0 N–H and O–H groups in total. The van der Waals surface area contributed by atoms with E-state index in [1.807, 2.05) is 6.07 Å². The summed E-state index contributed by atoms with van der Waals surface area (Å²) in [4.78, 5) is 0. The van der Waals surface area contributed by atoms with Crippen LogP contribution in [0.5, 0.6) is 0 Å². The lowest BCUT2D eigenvalue weighted by Gasteiger charge is -2.08. The van der Waals surface area contributed by atoms with Gasteiger partial charge in [-0.1, -0.05) is 54.6 Å². The van der Waals surface area contributed by atoms with Gasteiger partial charge in [0.25, 0.3) is 0 Å². The van der Waals surface area contributed by atoms with Gasteiger partial charge in [-0.25, -0.2) is 0 Å². The largest absolute Gasteiger partial charge is 0.380 e. The Labute approximate surface area is 96.7 Å². The Morgan fingerprint density at radius 1 is 0.812 bits per heavy atom. The molecule has 0 amide bonds. The van der Waals surface area contributed by atoms with E-state index in [0.717, 1.165) is 6.42 Å². The molecule has 0 aliphatic rings. The minimum absolute atomic E-state index is 0.684. The molecular formula is C15H16O. The molecule has 0 aliphatic heterocycles. The summed E-state index contributed by atoms with van der Waals surface area (Å²) in [6.45, 7) is 0.684. The van der Waals surface area contributed by atoms with Crippen LogP contribution in [-0.2, 0) is 17.8 Å². The zero-order valence-corrected chi connectivity index (χ0v) is 9.52. The van der Waals surface area contributed by atoms with Gasteiger partial charge in [0.05, 0.1) is 6.61 Å². The number of methoxy groups -OCH3 is 1. The van der Waals surface area contributed by atoms with Gasteiger partial charge < -0.3 is 4.74 Å². The molecule has 0 saturated carbocycles. The van der Waals surface area contributed by atoms with Gasteiger partial charge in [-0.05, 0) is 23.1 Å². The van der Waals surface area contributed by atoms with Gasteiger partial charge in [-0.15, -0.1) is 0 Å². The third kappa shape index (κ3) is 2.71. The first-order valence-electron chi connectivity index (χ1n) is 5.50. The maximum atomic E-state index is 5.21. The van der Waals surface area contributed by atoms with E-state index in [9.17, 15) is 0 Å². The fourth-order valence-electron chi connectivity index (χ4n) is 1.84. The second-order valence-electron chi connectivity index (χ2n) is 3.86. The molecule has 0 atom stereocenters. The van der Waals surface area contributed by atoms with Crippen molar-refractivity contribution in [2.45, 2.75) is 13.0 Å². The summed E-state index contributed by atoms with van der Waals surface area (Å²) in [5.74, 6) is 0. The first-order chi connectivity index (χ1) is 7.90. The maximum Gasteiger partial charge on any atom is 0.0715 e. The van der Waals surface area contributed by atoms with Crippen molar-refractivity contribution in [2.75, 3.05) is 7.11 Å². The number of hydrogen-bond acceptors (Lipinski definition) is 1. The topological polar surface area (TPSA) is 9.23 Å². The molecule has 1 heteroatoms. The highest BCUT2D eigenvalue weighted by atomic mass is 16.5. The number of hydrogen-bond donors (Lipinski definition) is 0. The number of ether oxygens (including phenoxy) is 1. The summed E-state index contributed by atoms with van der Waals surface area (Å²) in [7, 11) is 1.74. The van der Waals surface area contributed by atoms with E-state index in [1.54, 1.807) is 7.11 Å². The molecule has 1 nitrogen and oxygen atoms in total. The molecule has 2 rings (SSSR count). The molecule has 0 aliphatic carbocycles. The van der Waals surface area contributed by atoms with Gasteiger partial charge in [0.1, 0.15) is 0 Å². The minimum Gasteiger partial charge on any atom is -0.380 e.